The van der Waals surface area contributed by atoms with E-state index in [0.717, 1.165) is 0 Å². The fraction of sp³-hybridized carbons (Fsp3) is 0.143. The number of hydrogen-bond acceptors (Lipinski definition) is 6. The minimum absolute atomic E-state index is 0.00504. The van der Waals surface area contributed by atoms with E-state index in [1.807, 2.05) is 0 Å². The SMILES string of the molecule is NN=C(C=Nc1ccc(Cl)c(C(F)F)c1)CNc1ncccn1. The van der Waals surface area contributed by atoms with Crippen LogP contribution in [0.1, 0.15) is 12.0 Å². The number of nitrogens with two attached hydrogens (primary N) is 1. The summed E-state index contributed by atoms with van der Waals surface area (Å²) < 4.78 is 25.6. The number of nitrogens with zero attached hydrogens (tertiary/aromatic N) is 4. The molecule has 0 spiro atoms. The van der Waals surface area contributed by atoms with Crippen LogP contribution in [0, 0.1) is 0 Å². The molecule has 2 rings (SSSR count). The molecule has 1 aromatic carbocycles. The number of halogens is 3. The van der Waals surface area contributed by atoms with Crippen molar-refractivity contribution in [1.29, 1.82) is 0 Å². The number of hydrogen-bond donors (Lipinski definition) is 2. The van der Waals surface area contributed by atoms with Gasteiger partial charge < -0.3 is 11.2 Å². The van der Waals surface area contributed by atoms with Gasteiger partial charge in [-0.25, -0.2) is 18.7 Å². The normalized spacial score (nSPS) is 12.1. The standard InChI is InChI=1S/C14H13ClF2N6/c15-12-3-2-9(6-11(12)13(16)17)21-7-10(23-18)8-22-14-19-4-1-5-20-14/h1-7,13H,8,18H2,(H,19,20,22). The van der Waals surface area contributed by atoms with Crippen molar-refractivity contribution in [2.75, 3.05) is 11.9 Å². The summed E-state index contributed by atoms with van der Waals surface area (Å²) in [6.45, 7) is 0.235. The van der Waals surface area contributed by atoms with Crippen LogP contribution >= 0.6 is 11.6 Å². The van der Waals surface area contributed by atoms with Crippen molar-refractivity contribution in [1.82, 2.24) is 9.97 Å². The lowest BCUT2D eigenvalue weighted by molar-refractivity contribution is 0.151. The minimum atomic E-state index is -2.67. The van der Waals surface area contributed by atoms with E-state index in [-0.39, 0.29) is 17.1 Å². The number of rotatable bonds is 6. The van der Waals surface area contributed by atoms with Crippen LogP contribution in [0.2, 0.25) is 5.02 Å². The molecule has 0 radical (unpaired) electrons. The lowest BCUT2D eigenvalue weighted by Crippen LogP contribution is -2.18. The number of aliphatic imine (C=N–C) groups is 1. The molecule has 0 unspecified atom stereocenters. The Morgan fingerprint density at radius 3 is 2.74 bits per heavy atom. The molecule has 120 valence electrons. The smallest absolute Gasteiger partial charge is 0.265 e. The van der Waals surface area contributed by atoms with Crippen LogP contribution in [0.4, 0.5) is 20.4 Å². The molecule has 9 heteroatoms. The highest BCUT2D eigenvalue weighted by atomic mass is 35.5. The van der Waals surface area contributed by atoms with Crippen LogP contribution in [0.25, 0.3) is 0 Å². The van der Waals surface area contributed by atoms with E-state index in [4.69, 9.17) is 17.4 Å². The zero-order valence-electron chi connectivity index (χ0n) is 11.8. The topological polar surface area (TPSA) is 88.5 Å². The first kappa shape index (κ1) is 16.8. The quantitative estimate of drug-likeness (QED) is 0.481. The van der Waals surface area contributed by atoms with Crippen molar-refractivity contribution in [3.8, 4) is 0 Å². The Bertz CT molecular complexity index is 706. The molecule has 0 atom stereocenters. The molecule has 0 amide bonds. The molecule has 2 aromatic rings. The summed E-state index contributed by atoms with van der Waals surface area (Å²) in [5, 5.41) is 6.47. The maximum atomic E-state index is 12.8. The van der Waals surface area contributed by atoms with Crippen molar-refractivity contribution < 1.29 is 8.78 Å². The average Bonchev–Trinajstić information content (AvgIpc) is 2.57. The summed E-state index contributed by atoms with van der Waals surface area (Å²) in [4.78, 5) is 12.0. The highest BCUT2D eigenvalue weighted by Gasteiger charge is 2.12. The molecule has 6 nitrogen and oxygen atoms in total. The summed E-state index contributed by atoms with van der Waals surface area (Å²) in [6, 6.07) is 5.79. The van der Waals surface area contributed by atoms with Crippen molar-refractivity contribution in [2.45, 2.75) is 6.43 Å². The van der Waals surface area contributed by atoms with E-state index in [1.54, 1.807) is 18.5 Å². The van der Waals surface area contributed by atoms with E-state index in [0.29, 0.717) is 17.3 Å². The Kier molecular flexibility index (Phi) is 5.93. The van der Waals surface area contributed by atoms with Crippen molar-refractivity contribution >= 4 is 35.2 Å². The fourth-order valence-electron chi connectivity index (χ4n) is 1.61. The van der Waals surface area contributed by atoms with Gasteiger partial charge in [0.1, 0.15) is 0 Å². The molecule has 0 fully saturated rings. The van der Waals surface area contributed by atoms with Crippen LogP contribution in [-0.2, 0) is 0 Å². The van der Waals surface area contributed by atoms with E-state index < -0.39 is 6.43 Å². The Hall–Kier alpha value is -2.61. The number of benzene rings is 1. The van der Waals surface area contributed by atoms with E-state index in [1.165, 1.54) is 24.4 Å². The van der Waals surface area contributed by atoms with Gasteiger partial charge in [0.05, 0.1) is 24.2 Å². The second kappa shape index (κ2) is 8.14. The molecule has 3 N–H and O–H groups in total. The Balaban J connectivity index is 2.04. The summed E-state index contributed by atoms with van der Waals surface area (Å²) in [5.41, 5.74) is 0.441. The van der Waals surface area contributed by atoms with Gasteiger partial charge in [0.2, 0.25) is 5.95 Å². The predicted octanol–water partition coefficient (Wildman–Crippen LogP) is 3.20. The number of aromatic nitrogens is 2. The summed E-state index contributed by atoms with van der Waals surface area (Å²) in [7, 11) is 0. The van der Waals surface area contributed by atoms with Gasteiger partial charge in [0.25, 0.3) is 6.43 Å². The molecular formula is C14H13ClF2N6. The van der Waals surface area contributed by atoms with Gasteiger partial charge in [0.15, 0.2) is 0 Å². The van der Waals surface area contributed by atoms with E-state index in [9.17, 15) is 8.78 Å². The van der Waals surface area contributed by atoms with Gasteiger partial charge in [-0.2, -0.15) is 5.10 Å². The monoisotopic (exact) mass is 338 g/mol. The molecule has 0 aliphatic heterocycles. The lowest BCUT2D eigenvalue weighted by atomic mass is 10.2. The highest BCUT2D eigenvalue weighted by Crippen LogP contribution is 2.30. The maximum Gasteiger partial charge on any atom is 0.265 e. The third-order valence-corrected chi connectivity index (χ3v) is 3.08. The first-order chi connectivity index (χ1) is 11.1. The van der Waals surface area contributed by atoms with Crippen molar-refractivity contribution in [3.05, 3.63) is 47.2 Å². The molecule has 23 heavy (non-hydrogen) atoms. The lowest BCUT2D eigenvalue weighted by Gasteiger charge is -2.05. The molecule has 0 saturated carbocycles. The van der Waals surface area contributed by atoms with Gasteiger partial charge >= 0.3 is 0 Å². The second-order valence-electron chi connectivity index (χ2n) is 4.31. The van der Waals surface area contributed by atoms with Crippen molar-refractivity contribution in [2.24, 2.45) is 15.9 Å². The summed E-state index contributed by atoms with van der Waals surface area (Å²) in [6.07, 6.45) is 1.87. The number of alkyl halides is 2. The van der Waals surface area contributed by atoms with Gasteiger partial charge in [-0.1, -0.05) is 11.6 Å². The van der Waals surface area contributed by atoms with Crippen LogP contribution in [0.5, 0.6) is 0 Å². The van der Waals surface area contributed by atoms with Crippen molar-refractivity contribution in [3.63, 3.8) is 0 Å². The molecule has 0 aliphatic carbocycles. The maximum absolute atomic E-state index is 12.8. The minimum Gasteiger partial charge on any atom is -0.348 e. The first-order valence-corrected chi connectivity index (χ1v) is 6.87. The third-order valence-electron chi connectivity index (χ3n) is 2.74. The Labute approximate surface area is 136 Å². The second-order valence-corrected chi connectivity index (χ2v) is 4.72. The summed E-state index contributed by atoms with van der Waals surface area (Å²) >= 11 is 5.70. The average molecular weight is 339 g/mol. The summed E-state index contributed by atoms with van der Waals surface area (Å²) in [5.74, 6) is 5.69. The molecule has 0 bridgehead atoms. The molecular weight excluding hydrogens is 326 g/mol. The van der Waals surface area contributed by atoms with Gasteiger partial charge in [-0.15, -0.1) is 0 Å². The first-order valence-electron chi connectivity index (χ1n) is 6.49. The van der Waals surface area contributed by atoms with E-state index in [2.05, 4.69) is 25.4 Å². The molecule has 0 saturated heterocycles. The number of hydrazone groups is 1. The Morgan fingerprint density at radius 2 is 2.09 bits per heavy atom. The van der Waals surface area contributed by atoms with Crippen LogP contribution in [-0.4, -0.2) is 28.4 Å². The largest absolute Gasteiger partial charge is 0.348 e. The van der Waals surface area contributed by atoms with Crippen LogP contribution < -0.4 is 11.2 Å². The molecule has 0 aliphatic rings. The third kappa shape index (κ3) is 4.96. The van der Waals surface area contributed by atoms with Crippen LogP contribution in [0.15, 0.2) is 46.8 Å². The zero-order chi connectivity index (χ0) is 16.7. The molecule has 1 aromatic heterocycles. The van der Waals surface area contributed by atoms with Gasteiger partial charge in [-0.05, 0) is 24.3 Å². The predicted molar refractivity (Wildman–Crippen MR) is 86.7 cm³/mol. The fourth-order valence-corrected chi connectivity index (χ4v) is 1.81. The number of anilines is 1. The Morgan fingerprint density at radius 1 is 1.35 bits per heavy atom. The molecule has 1 heterocycles. The highest BCUT2D eigenvalue weighted by molar-refractivity contribution is 6.32. The van der Waals surface area contributed by atoms with Gasteiger partial charge in [-0.3, -0.25) is 4.99 Å². The van der Waals surface area contributed by atoms with Gasteiger partial charge in [0, 0.05) is 23.0 Å². The number of nitrogens with one attached hydrogen (secondary N) is 1. The van der Waals surface area contributed by atoms with Crippen LogP contribution in [0.3, 0.4) is 0 Å². The van der Waals surface area contributed by atoms with E-state index >= 15 is 0 Å². The zero-order valence-corrected chi connectivity index (χ0v) is 12.6.